The van der Waals surface area contributed by atoms with Crippen molar-refractivity contribution in [2.24, 2.45) is 11.7 Å². The minimum absolute atomic E-state index is 0.0146. The molecule has 1 atom stereocenters. The normalized spacial score (nSPS) is 17.6. The Hall–Kier alpha value is -0.960. The lowest BCUT2D eigenvalue weighted by Crippen LogP contribution is -2.44. The summed E-state index contributed by atoms with van der Waals surface area (Å²) in [7, 11) is -2.56. The van der Waals surface area contributed by atoms with E-state index in [-0.39, 0.29) is 28.3 Å². The van der Waals surface area contributed by atoms with Crippen LogP contribution >= 0.6 is 11.3 Å². The number of thiophene rings is 1. The molecular formula is C14H22N2O4S2. The van der Waals surface area contributed by atoms with Crippen LogP contribution in [0, 0.1) is 12.8 Å². The number of carbonyl (C=O) groups excluding carboxylic acids is 1. The smallest absolute Gasteiger partial charge is 0.349 e. The average molecular weight is 346 g/mol. The lowest BCUT2D eigenvalue weighted by atomic mass is 9.99. The topological polar surface area (TPSA) is 98.5 Å². The number of rotatable bonds is 6. The molecule has 1 aromatic rings. The Morgan fingerprint density at radius 2 is 2.14 bits per heavy atom. The first-order valence-corrected chi connectivity index (χ1v) is 9.65. The van der Waals surface area contributed by atoms with E-state index in [0.717, 1.165) is 37.0 Å². The number of nitrogens with one attached hydrogen (secondary N) is 1. The van der Waals surface area contributed by atoms with E-state index in [9.17, 15) is 13.2 Å². The molecular weight excluding hydrogens is 324 g/mol. The van der Waals surface area contributed by atoms with E-state index in [1.54, 1.807) is 12.3 Å². The first kappa shape index (κ1) is 17.4. The maximum Gasteiger partial charge on any atom is 0.349 e. The number of nitrogens with two attached hydrogens (primary N) is 1. The highest BCUT2D eigenvalue weighted by Crippen LogP contribution is 2.31. The molecule has 8 heteroatoms. The van der Waals surface area contributed by atoms with Crippen LogP contribution in [0.5, 0.6) is 0 Å². The van der Waals surface area contributed by atoms with Gasteiger partial charge in [0.25, 0.3) is 0 Å². The summed E-state index contributed by atoms with van der Waals surface area (Å²) in [6, 6.07) is -0.294. The van der Waals surface area contributed by atoms with Gasteiger partial charge in [0.1, 0.15) is 9.77 Å². The van der Waals surface area contributed by atoms with Crippen LogP contribution in [0.15, 0.2) is 10.3 Å². The summed E-state index contributed by atoms with van der Waals surface area (Å²) in [5.74, 6) is -0.371. The molecule has 6 nitrogen and oxygen atoms in total. The van der Waals surface area contributed by atoms with Gasteiger partial charge in [-0.2, -0.15) is 0 Å². The Kier molecular flexibility index (Phi) is 5.60. The maximum absolute atomic E-state index is 12.7. The summed E-state index contributed by atoms with van der Waals surface area (Å²) in [6.45, 7) is 1.92. The van der Waals surface area contributed by atoms with E-state index in [2.05, 4.69) is 9.46 Å². The highest BCUT2D eigenvalue weighted by Gasteiger charge is 2.32. The van der Waals surface area contributed by atoms with Crippen molar-refractivity contribution in [2.75, 3.05) is 13.7 Å². The number of hydrogen-bond donors (Lipinski definition) is 2. The van der Waals surface area contributed by atoms with Gasteiger partial charge in [-0.25, -0.2) is 17.9 Å². The van der Waals surface area contributed by atoms with Gasteiger partial charge in [-0.1, -0.05) is 12.8 Å². The summed E-state index contributed by atoms with van der Waals surface area (Å²) in [6.07, 6.45) is 4.18. The zero-order valence-corrected chi connectivity index (χ0v) is 14.4. The van der Waals surface area contributed by atoms with Crippen LogP contribution in [0.1, 0.15) is 40.9 Å². The number of carbonyl (C=O) groups is 1. The molecule has 0 bridgehead atoms. The summed E-state index contributed by atoms with van der Waals surface area (Å²) in [5, 5.41) is 1.65. The molecule has 1 aromatic heterocycles. The SMILES string of the molecule is COC(=O)c1scc(C)c1S(=O)(=O)NC(CN)C1CCCC1. The standard InChI is InChI=1S/C14H22N2O4S2/c1-9-8-21-12(14(17)20-2)13(9)22(18,19)16-11(7-15)10-5-3-4-6-10/h8,10-11,16H,3-7,15H2,1-2H3. The number of ether oxygens (including phenoxy) is 1. The van der Waals surface area contributed by atoms with E-state index in [4.69, 9.17) is 5.73 Å². The Labute approximate surface area is 135 Å². The fourth-order valence-corrected chi connectivity index (χ4v) is 5.98. The second-order valence-electron chi connectivity index (χ2n) is 5.58. The fourth-order valence-electron chi connectivity index (χ4n) is 2.96. The van der Waals surface area contributed by atoms with Crippen molar-refractivity contribution in [1.82, 2.24) is 4.72 Å². The second kappa shape index (κ2) is 7.08. The monoisotopic (exact) mass is 346 g/mol. The van der Waals surface area contributed by atoms with Gasteiger partial charge in [0, 0.05) is 12.6 Å². The molecule has 0 saturated heterocycles. The molecule has 1 fully saturated rings. The molecule has 0 spiro atoms. The first-order valence-electron chi connectivity index (χ1n) is 7.29. The Bertz CT molecular complexity index is 633. The van der Waals surface area contributed by atoms with Crippen molar-refractivity contribution in [2.45, 2.75) is 43.5 Å². The van der Waals surface area contributed by atoms with E-state index < -0.39 is 16.0 Å². The molecule has 0 aromatic carbocycles. The average Bonchev–Trinajstić information content (AvgIpc) is 3.13. The van der Waals surface area contributed by atoms with Crippen LogP contribution in [0.2, 0.25) is 0 Å². The van der Waals surface area contributed by atoms with E-state index in [0.29, 0.717) is 5.56 Å². The quantitative estimate of drug-likeness (QED) is 0.763. The highest BCUT2D eigenvalue weighted by atomic mass is 32.2. The number of sulfonamides is 1. The first-order chi connectivity index (χ1) is 10.4. The van der Waals surface area contributed by atoms with Crippen LogP contribution < -0.4 is 10.5 Å². The summed E-state index contributed by atoms with van der Waals surface area (Å²) < 4.78 is 32.8. The molecule has 0 radical (unpaired) electrons. The number of methoxy groups -OCH3 is 1. The third-order valence-electron chi connectivity index (χ3n) is 4.09. The molecule has 22 heavy (non-hydrogen) atoms. The molecule has 1 heterocycles. The van der Waals surface area contributed by atoms with Crippen molar-refractivity contribution < 1.29 is 17.9 Å². The maximum atomic E-state index is 12.7. The number of hydrogen-bond acceptors (Lipinski definition) is 6. The van der Waals surface area contributed by atoms with Gasteiger partial charge in [0.2, 0.25) is 10.0 Å². The Balaban J connectivity index is 2.30. The molecule has 1 aliphatic rings. The van der Waals surface area contributed by atoms with E-state index in [1.165, 1.54) is 7.11 Å². The molecule has 124 valence electrons. The third-order valence-corrected chi connectivity index (χ3v) is 6.97. The largest absolute Gasteiger partial charge is 0.465 e. The summed E-state index contributed by atoms with van der Waals surface area (Å²) >= 11 is 1.08. The fraction of sp³-hybridized carbons (Fsp3) is 0.643. The van der Waals surface area contributed by atoms with Crippen molar-refractivity contribution in [3.63, 3.8) is 0 Å². The Morgan fingerprint density at radius 1 is 1.50 bits per heavy atom. The van der Waals surface area contributed by atoms with Crippen molar-refractivity contribution in [3.05, 3.63) is 15.8 Å². The predicted octanol–water partition coefficient (Wildman–Crippen LogP) is 1.64. The van der Waals surface area contributed by atoms with E-state index in [1.807, 2.05) is 0 Å². The molecule has 1 unspecified atom stereocenters. The van der Waals surface area contributed by atoms with Gasteiger partial charge in [-0.15, -0.1) is 11.3 Å². The van der Waals surface area contributed by atoms with Crippen LogP contribution in [-0.4, -0.2) is 34.1 Å². The Morgan fingerprint density at radius 3 is 2.68 bits per heavy atom. The van der Waals surface area contributed by atoms with Gasteiger partial charge in [-0.3, -0.25) is 0 Å². The number of aryl methyl sites for hydroxylation is 1. The van der Waals surface area contributed by atoms with Crippen LogP contribution in [-0.2, 0) is 14.8 Å². The molecule has 0 amide bonds. The molecule has 3 N–H and O–H groups in total. The van der Waals surface area contributed by atoms with Gasteiger partial charge in [0.05, 0.1) is 7.11 Å². The summed E-state index contributed by atoms with van der Waals surface area (Å²) in [5.41, 5.74) is 6.30. The number of esters is 1. The lowest BCUT2D eigenvalue weighted by Gasteiger charge is -2.23. The van der Waals surface area contributed by atoms with Crippen LogP contribution in [0.3, 0.4) is 0 Å². The molecule has 1 aliphatic carbocycles. The zero-order valence-electron chi connectivity index (χ0n) is 12.8. The highest BCUT2D eigenvalue weighted by molar-refractivity contribution is 7.89. The third kappa shape index (κ3) is 3.51. The minimum atomic E-state index is -3.80. The predicted molar refractivity (Wildman–Crippen MR) is 85.5 cm³/mol. The lowest BCUT2D eigenvalue weighted by molar-refractivity contribution is 0.0602. The van der Waals surface area contributed by atoms with Gasteiger partial charge < -0.3 is 10.5 Å². The van der Waals surface area contributed by atoms with Crippen LogP contribution in [0.25, 0.3) is 0 Å². The van der Waals surface area contributed by atoms with Crippen molar-refractivity contribution in [1.29, 1.82) is 0 Å². The molecule has 0 aliphatic heterocycles. The molecule has 2 rings (SSSR count). The minimum Gasteiger partial charge on any atom is -0.465 e. The van der Waals surface area contributed by atoms with Crippen LogP contribution in [0.4, 0.5) is 0 Å². The van der Waals surface area contributed by atoms with Gasteiger partial charge in [-0.05, 0) is 36.6 Å². The van der Waals surface area contributed by atoms with Crippen molar-refractivity contribution >= 4 is 27.3 Å². The van der Waals surface area contributed by atoms with Gasteiger partial charge in [0.15, 0.2) is 0 Å². The summed E-state index contributed by atoms with van der Waals surface area (Å²) in [4.78, 5) is 11.9. The zero-order chi connectivity index (χ0) is 16.3. The van der Waals surface area contributed by atoms with E-state index >= 15 is 0 Å². The second-order valence-corrected chi connectivity index (χ2v) is 8.11. The van der Waals surface area contributed by atoms with Crippen molar-refractivity contribution in [3.8, 4) is 0 Å². The van der Waals surface area contributed by atoms with Gasteiger partial charge >= 0.3 is 5.97 Å². The molecule has 1 saturated carbocycles.